The number of hydrogen-bond donors (Lipinski definition) is 0. The Hall–Kier alpha value is -3.33. The van der Waals surface area contributed by atoms with E-state index < -0.39 is 0 Å². The monoisotopic (exact) mass is 412 g/mol. The number of anilines is 1. The van der Waals surface area contributed by atoms with E-state index in [9.17, 15) is 4.79 Å². The number of nitrogens with zero attached hydrogens (tertiary/aromatic N) is 4. The number of ether oxygens (including phenoxy) is 4. The fourth-order valence-electron chi connectivity index (χ4n) is 3.23. The molecule has 3 heterocycles. The van der Waals surface area contributed by atoms with Crippen LogP contribution in [-0.4, -0.2) is 74.3 Å². The number of hydrogen-bond acceptors (Lipinski definition) is 8. The highest BCUT2D eigenvalue weighted by Gasteiger charge is 2.21. The minimum absolute atomic E-state index is 0.0136. The van der Waals surface area contributed by atoms with E-state index in [1.54, 1.807) is 25.3 Å². The summed E-state index contributed by atoms with van der Waals surface area (Å²) >= 11 is 0. The molecule has 1 saturated heterocycles. The third-order valence-corrected chi connectivity index (χ3v) is 4.89. The zero-order valence-corrected chi connectivity index (χ0v) is 16.8. The van der Waals surface area contributed by atoms with Crippen molar-refractivity contribution in [3.8, 4) is 17.4 Å². The van der Waals surface area contributed by atoms with Gasteiger partial charge >= 0.3 is 0 Å². The molecule has 0 N–H and O–H groups in total. The van der Waals surface area contributed by atoms with Crippen LogP contribution in [0, 0.1) is 0 Å². The number of fused-ring (bicyclic) bond motifs is 1. The lowest BCUT2D eigenvalue weighted by atomic mass is 10.2. The topological polar surface area (TPSA) is 86.3 Å². The van der Waals surface area contributed by atoms with Crippen molar-refractivity contribution in [1.29, 1.82) is 0 Å². The molecule has 0 saturated carbocycles. The van der Waals surface area contributed by atoms with E-state index in [0.29, 0.717) is 51.0 Å². The number of carbonyl (C=O) groups excluding carboxylic acids is 1. The van der Waals surface area contributed by atoms with Crippen LogP contribution < -0.4 is 19.1 Å². The summed E-state index contributed by atoms with van der Waals surface area (Å²) in [5.74, 6) is 2.66. The summed E-state index contributed by atoms with van der Waals surface area (Å²) in [5.41, 5.74) is 0.898. The van der Waals surface area contributed by atoms with Gasteiger partial charge in [-0.1, -0.05) is 6.07 Å². The van der Waals surface area contributed by atoms with Crippen LogP contribution in [0.25, 0.3) is 6.08 Å². The standard InChI is InChI=1S/C21H24N4O5/c1-27-12-13-28-20-6-5-19(22-23-20)24-8-10-25(11-9-24)21(26)7-3-16-2-4-17-18(14-16)30-15-29-17/h2-7,14H,8-13,15H2,1H3/b7-3+. The van der Waals surface area contributed by atoms with Gasteiger partial charge in [0, 0.05) is 45.4 Å². The predicted octanol–water partition coefficient (Wildman–Crippen LogP) is 1.59. The maximum Gasteiger partial charge on any atom is 0.246 e. The molecule has 9 nitrogen and oxygen atoms in total. The van der Waals surface area contributed by atoms with Crippen molar-refractivity contribution >= 4 is 17.8 Å². The minimum Gasteiger partial charge on any atom is -0.474 e. The third kappa shape index (κ3) is 4.80. The number of methoxy groups -OCH3 is 1. The Morgan fingerprint density at radius 2 is 1.90 bits per heavy atom. The molecule has 1 fully saturated rings. The van der Waals surface area contributed by atoms with E-state index in [1.807, 2.05) is 29.2 Å². The molecule has 2 aliphatic rings. The van der Waals surface area contributed by atoms with Crippen molar-refractivity contribution in [2.45, 2.75) is 0 Å². The summed E-state index contributed by atoms with van der Waals surface area (Å²) in [6, 6.07) is 9.29. The molecule has 0 atom stereocenters. The summed E-state index contributed by atoms with van der Waals surface area (Å²) in [4.78, 5) is 16.5. The Kier molecular flexibility index (Phi) is 6.29. The van der Waals surface area contributed by atoms with Crippen LogP contribution in [0.1, 0.15) is 5.56 Å². The normalized spacial score (nSPS) is 15.6. The quantitative estimate of drug-likeness (QED) is 0.501. The lowest BCUT2D eigenvalue weighted by molar-refractivity contribution is -0.126. The molecule has 0 aliphatic carbocycles. The second-order valence-corrected chi connectivity index (χ2v) is 6.83. The van der Waals surface area contributed by atoms with Crippen LogP contribution in [-0.2, 0) is 9.53 Å². The molecule has 2 aromatic rings. The second-order valence-electron chi connectivity index (χ2n) is 6.83. The molecule has 30 heavy (non-hydrogen) atoms. The molecule has 1 aromatic heterocycles. The number of piperazine rings is 1. The summed E-state index contributed by atoms with van der Waals surface area (Å²) in [7, 11) is 1.62. The maximum absolute atomic E-state index is 12.5. The Bertz CT molecular complexity index is 895. The maximum atomic E-state index is 12.5. The number of rotatable bonds is 7. The zero-order chi connectivity index (χ0) is 20.8. The fourth-order valence-corrected chi connectivity index (χ4v) is 3.23. The molecule has 158 valence electrons. The van der Waals surface area contributed by atoms with Gasteiger partial charge in [0.25, 0.3) is 0 Å². The molecule has 1 amide bonds. The van der Waals surface area contributed by atoms with Gasteiger partial charge in [0.05, 0.1) is 6.61 Å². The van der Waals surface area contributed by atoms with Crippen LogP contribution >= 0.6 is 0 Å². The van der Waals surface area contributed by atoms with E-state index in [-0.39, 0.29) is 12.7 Å². The lowest BCUT2D eigenvalue weighted by Gasteiger charge is -2.34. The van der Waals surface area contributed by atoms with Gasteiger partial charge in [-0.15, -0.1) is 10.2 Å². The van der Waals surface area contributed by atoms with Crippen LogP contribution in [0.15, 0.2) is 36.4 Å². The van der Waals surface area contributed by atoms with Crippen molar-refractivity contribution in [3.63, 3.8) is 0 Å². The largest absolute Gasteiger partial charge is 0.474 e. The van der Waals surface area contributed by atoms with Gasteiger partial charge in [0.2, 0.25) is 18.6 Å². The van der Waals surface area contributed by atoms with Crippen molar-refractivity contribution in [2.24, 2.45) is 0 Å². The first-order valence-corrected chi connectivity index (χ1v) is 9.80. The average molecular weight is 412 g/mol. The molecule has 0 radical (unpaired) electrons. The lowest BCUT2D eigenvalue weighted by Crippen LogP contribution is -2.48. The van der Waals surface area contributed by atoms with Gasteiger partial charge < -0.3 is 28.7 Å². The van der Waals surface area contributed by atoms with Gasteiger partial charge in [-0.25, -0.2) is 0 Å². The molecule has 0 bridgehead atoms. The molecule has 0 unspecified atom stereocenters. The third-order valence-electron chi connectivity index (χ3n) is 4.89. The van der Waals surface area contributed by atoms with E-state index in [4.69, 9.17) is 18.9 Å². The second kappa shape index (κ2) is 9.45. The number of benzene rings is 1. The van der Waals surface area contributed by atoms with Crippen LogP contribution in [0.5, 0.6) is 17.4 Å². The number of aromatic nitrogens is 2. The Balaban J connectivity index is 1.27. The fraction of sp³-hybridized carbons (Fsp3) is 0.381. The average Bonchev–Trinajstić information content (AvgIpc) is 3.26. The van der Waals surface area contributed by atoms with Gasteiger partial charge in [0.1, 0.15) is 6.61 Å². The Morgan fingerprint density at radius 1 is 1.07 bits per heavy atom. The molecular weight excluding hydrogens is 388 g/mol. The van der Waals surface area contributed by atoms with E-state index in [0.717, 1.165) is 17.1 Å². The van der Waals surface area contributed by atoms with E-state index in [2.05, 4.69) is 15.1 Å². The van der Waals surface area contributed by atoms with Crippen molar-refractivity contribution in [2.75, 3.05) is 58.2 Å². The number of amides is 1. The highest BCUT2D eigenvalue weighted by atomic mass is 16.7. The Labute approximate surface area is 174 Å². The van der Waals surface area contributed by atoms with Crippen molar-refractivity contribution < 1.29 is 23.7 Å². The Morgan fingerprint density at radius 3 is 2.67 bits per heavy atom. The molecule has 1 aromatic carbocycles. The molecule has 2 aliphatic heterocycles. The number of carbonyl (C=O) groups is 1. The van der Waals surface area contributed by atoms with Crippen LogP contribution in [0.3, 0.4) is 0 Å². The highest BCUT2D eigenvalue weighted by molar-refractivity contribution is 5.92. The van der Waals surface area contributed by atoms with Crippen molar-refractivity contribution in [1.82, 2.24) is 15.1 Å². The first-order chi connectivity index (χ1) is 14.7. The van der Waals surface area contributed by atoms with E-state index in [1.165, 1.54) is 0 Å². The van der Waals surface area contributed by atoms with E-state index >= 15 is 0 Å². The summed E-state index contributed by atoms with van der Waals surface area (Å²) in [6.07, 6.45) is 3.39. The molecule has 4 rings (SSSR count). The van der Waals surface area contributed by atoms with Gasteiger partial charge in [0.15, 0.2) is 17.3 Å². The van der Waals surface area contributed by atoms with Crippen LogP contribution in [0.4, 0.5) is 5.82 Å². The first kappa shape index (κ1) is 20.0. The molecule has 9 heteroatoms. The predicted molar refractivity (Wildman–Crippen MR) is 110 cm³/mol. The molecule has 0 spiro atoms. The summed E-state index contributed by atoms with van der Waals surface area (Å²) in [5, 5.41) is 8.31. The smallest absolute Gasteiger partial charge is 0.246 e. The SMILES string of the molecule is COCCOc1ccc(N2CCN(C(=O)/C=C/c3ccc4c(c3)OCO4)CC2)nn1. The first-order valence-electron chi connectivity index (χ1n) is 9.80. The van der Waals surface area contributed by atoms with Gasteiger partial charge in [-0.3, -0.25) is 4.79 Å². The molecular formula is C21H24N4O5. The zero-order valence-electron chi connectivity index (χ0n) is 16.8. The van der Waals surface area contributed by atoms with Crippen LogP contribution in [0.2, 0.25) is 0 Å². The highest BCUT2D eigenvalue weighted by Crippen LogP contribution is 2.32. The summed E-state index contributed by atoms with van der Waals surface area (Å²) in [6.45, 7) is 3.81. The van der Waals surface area contributed by atoms with Gasteiger partial charge in [-0.2, -0.15) is 0 Å². The van der Waals surface area contributed by atoms with Crippen molar-refractivity contribution in [3.05, 3.63) is 42.0 Å². The van der Waals surface area contributed by atoms with Gasteiger partial charge in [-0.05, 0) is 29.8 Å². The minimum atomic E-state index is -0.0136. The summed E-state index contributed by atoms with van der Waals surface area (Å²) < 4.78 is 21.0.